The number of allylic oxidation sites excluding steroid dienone is 4. The summed E-state index contributed by atoms with van der Waals surface area (Å²) >= 11 is 0. The molecule has 4 rings (SSSR count). The zero-order chi connectivity index (χ0) is 55.6. The second kappa shape index (κ2) is 38.6. The fourth-order valence-corrected chi connectivity index (χ4v) is 14.5. The minimum Gasteiger partial charge on any atom is -0.462 e. The number of esters is 4. The van der Waals surface area contributed by atoms with E-state index in [0.29, 0.717) is 29.5 Å². The first-order valence-electron chi connectivity index (χ1n) is 32.4. The molecule has 4 aliphatic rings. The molecule has 77 heavy (non-hydrogen) atoms. The van der Waals surface area contributed by atoms with Crippen LogP contribution < -0.4 is 0 Å². The van der Waals surface area contributed by atoms with Gasteiger partial charge in [0, 0.05) is 31.6 Å². The largest absolute Gasteiger partial charge is 0.462 e. The van der Waals surface area contributed by atoms with Crippen LogP contribution in [0.5, 0.6) is 0 Å². The minimum absolute atomic E-state index is 0.0258. The van der Waals surface area contributed by atoms with Gasteiger partial charge in [-0.1, -0.05) is 162 Å². The molecule has 4 saturated carbocycles. The highest BCUT2D eigenvalue weighted by Crippen LogP contribution is 2.67. The summed E-state index contributed by atoms with van der Waals surface area (Å²) in [7, 11) is 0. The van der Waals surface area contributed by atoms with Crippen LogP contribution in [0.2, 0.25) is 0 Å². The van der Waals surface area contributed by atoms with Gasteiger partial charge in [-0.3, -0.25) is 24.0 Å². The van der Waals surface area contributed by atoms with Gasteiger partial charge in [-0.05, 0) is 169 Å². The summed E-state index contributed by atoms with van der Waals surface area (Å²) in [6, 6.07) is 0. The Balaban J connectivity index is 1.12. The summed E-state index contributed by atoms with van der Waals surface area (Å²) in [5.74, 6) is 1.22. The van der Waals surface area contributed by atoms with Gasteiger partial charge in [-0.25, -0.2) is 0 Å². The second-order valence-corrected chi connectivity index (χ2v) is 25.3. The summed E-state index contributed by atoms with van der Waals surface area (Å²) in [5, 5.41) is 0. The Morgan fingerprint density at radius 2 is 0.974 bits per heavy atom. The summed E-state index contributed by atoms with van der Waals surface area (Å²) in [6.45, 7) is 12.6. The monoisotopic (exact) mass is 1080 g/mol. The highest BCUT2D eigenvalue weighted by Gasteiger charge is 2.61. The molecule has 1 unspecified atom stereocenters. The molecule has 0 aromatic carbocycles. The van der Waals surface area contributed by atoms with Crippen LogP contribution >= 0.6 is 0 Å². The Morgan fingerprint density at radius 1 is 0.506 bits per heavy atom. The first-order valence-corrected chi connectivity index (χ1v) is 32.4. The molecule has 442 valence electrons. The van der Waals surface area contributed by atoms with Crippen LogP contribution in [-0.4, -0.2) is 61.9 Å². The van der Waals surface area contributed by atoms with Gasteiger partial charge in [0.1, 0.15) is 19.0 Å². The normalized spacial score (nSPS) is 25.3. The number of carbonyl (C=O) groups is 5. The Bertz CT molecular complexity index is 1670. The third-order valence-corrected chi connectivity index (χ3v) is 19.1. The molecule has 0 aromatic rings. The molecule has 0 radical (unpaired) electrons. The SMILES string of the molecule is CCCCCCCC/C=C\CCCCCCCC(=O)OCC(COC(=O)CCCCCCC/C=C\CCCCCCCC)OC(=O)CC(C)CC(=O)OCO[C@@H]1CC[C@@]2(C)[C@@H](CC[C@@H]3[C@@H]2CC[C@]2(C)[C@@H](C(C)=O)CC[C@@H]32)C1. The topological polar surface area (TPSA) is 132 Å². The lowest BCUT2D eigenvalue weighted by Gasteiger charge is -2.61. The van der Waals surface area contributed by atoms with Crippen molar-refractivity contribution < 1.29 is 47.7 Å². The van der Waals surface area contributed by atoms with Crippen molar-refractivity contribution >= 4 is 29.7 Å². The molecule has 0 heterocycles. The van der Waals surface area contributed by atoms with E-state index in [1.165, 1.54) is 122 Å². The minimum atomic E-state index is -0.946. The third-order valence-electron chi connectivity index (χ3n) is 19.1. The van der Waals surface area contributed by atoms with Crippen LogP contribution in [0.4, 0.5) is 0 Å². The van der Waals surface area contributed by atoms with Crippen molar-refractivity contribution in [3.05, 3.63) is 24.3 Å². The van der Waals surface area contributed by atoms with E-state index in [4.69, 9.17) is 23.7 Å². The summed E-state index contributed by atoms with van der Waals surface area (Å²) in [6.07, 6.45) is 49.6. The Kier molecular flexibility index (Phi) is 33.3. The molecule has 0 bridgehead atoms. The molecular formula is C67H114O10. The Hall–Kier alpha value is -3.01. The van der Waals surface area contributed by atoms with Crippen LogP contribution in [0.1, 0.15) is 292 Å². The van der Waals surface area contributed by atoms with Crippen molar-refractivity contribution in [3.63, 3.8) is 0 Å². The predicted molar refractivity (Wildman–Crippen MR) is 311 cm³/mol. The quantitative estimate of drug-likeness (QED) is 0.0191. The number of ketones is 1. The van der Waals surface area contributed by atoms with E-state index in [9.17, 15) is 24.0 Å². The van der Waals surface area contributed by atoms with Crippen molar-refractivity contribution in [2.75, 3.05) is 20.0 Å². The number of fused-ring (bicyclic) bond motifs is 5. The summed E-state index contributed by atoms with van der Waals surface area (Å²) in [4.78, 5) is 64.4. The van der Waals surface area contributed by atoms with Crippen LogP contribution in [0.15, 0.2) is 24.3 Å². The number of carbonyl (C=O) groups excluding carboxylic acids is 5. The summed E-state index contributed by atoms with van der Waals surface area (Å²) in [5.41, 5.74) is 0.454. The van der Waals surface area contributed by atoms with E-state index in [0.717, 1.165) is 103 Å². The van der Waals surface area contributed by atoms with Gasteiger partial charge >= 0.3 is 23.9 Å². The maximum atomic E-state index is 13.3. The van der Waals surface area contributed by atoms with Crippen molar-refractivity contribution in [2.45, 2.75) is 304 Å². The fraction of sp³-hybridized carbons (Fsp3) is 0.866. The standard InChI is InChI=1S/C67H114O10/c1-7-9-11-13-15-17-19-21-23-25-27-29-31-33-35-37-62(69)73-50-57(51-74-63(70)38-36-34-32-30-28-26-24-22-20-18-16-14-12-10-8-2)77-65(72)48-53(3)47-64(71)76-52-75-56-43-45-66(5)55(49-56)39-40-58-60-42-41-59(54(4)68)67(60,6)46-44-61(58)66/h21-24,53,55-61H,7-20,25-52H2,1-6H3/b23-21-,24-22-/t53?,55-,56+,58-,59+,60-,61-,66-,67+/m0/s1. The predicted octanol–water partition coefficient (Wildman–Crippen LogP) is 17.6. The molecule has 9 atom stereocenters. The molecular weight excluding hydrogens is 965 g/mol. The van der Waals surface area contributed by atoms with Gasteiger partial charge in [0.2, 0.25) is 0 Å². The average Bonchev–Trinajstić information content (AvgIpc) is 3.77. The number of hydrogen-bond acceptors (Lipinski definition) is 10. The number of rotatable bonds is 43. The molecule has 0 aliphatic heterocycles. The van der Waals surface area contributed by atoms with Crippen LogP contribution in [0, 0.1) is 46.3 Å². The van der Waals surface area contributed by atoms with Gasteiger partial charge in [0.25, 0.3) is 0 Å². The first kappa shape index (κ1) is 66.5. The molecule has 10 nitrogen and oxygen atoms in total. The van der Waals surface area contributed by atoms with E-state index in [1.807, 2.05) is 0 Å². The van der Waals surface area contributed by atoms with Crippen molar-refractivity contribution in [1.29, 1.82) is 0 Å². The Morgan fingerprint density at radius 3 is 1.49 bits per heavy atom. The zero-order valence-electron chi connectivity index (χ0n) is 50.2. The van der Waals surface area contributed by atoms with E-state index in [-0.39, 0.29) is 86.4 Å². The Labute approximate surface area is 470 Å². The highest BCUT2D eigenvalue weighted by atomic mass is 16.7. The molecule has 10 heteroatoms. The third kappa shape index (κ3) is 25.1. The molecule has 4 fully saturated rings. The molecule has 0 saturated heterocycles. The molecule has 0 amide bonds. The maximum Gasteiger partial charge on any atom is 0.308 e. The van der Waals surface area contributed by atoms with Crippen LogP contribution in [0.3, 0.4) is 0 Å². The van der Waals surface area contributed by atoms with Gasteiger partial charge in [0.05, 0.1) is 6.10 Å². The van der Waals surface area contributed by atoms with E-state index in [1.54, 1.807) is 13.8 Å². The van der Waals surface area contributed by atoms with Gasteiger partial charge in [-0.15, -0.1) is 0 Å². The average molecular weight is 1080 g/mol. The number of unbranched alkanes of at least 4 members (excludes halogenated alkanes) is 22. The van der Waals surface area contributed by atoms with Crippen molar-refractivity contribution in [1.82, 2.24) is 0 Å². The van der Waals surface area contributed by atoms with E-state index >= 15 is 0 Å². The van der Waals surface area contributed by atoms with E-state index < -0.39 is 18.0 Å². The van der Waals surface area contributed by atoms with Gasteiger partial charge in [0.15, 0.2) is 12.9 Å². The lowest BCUT2D eigenvalue weighted by molar-refractivity contribution is -0.175. The van der Waals surface area contributed by atoms with Crippen molar-refractivity contribution in [2.24, 2.45) is 46.3 Å². The zero-order valence-corrected chi connectivity index (χ0v) is 50.2. The second-order valence-electron chi connectivity index (χ2n) is 25.3. The highest BCUT2D eigenvalue weighted by molar-refractivity contribution is 5.79. The van der Waals surface area contributed by atoms with Crippen molar-refractivity contribution in [3.8, 4) is 0 Å². The lowest BCUT2D eigenvalue weighted by atomic mass is 9.44. The van der Waals surface area contributed by atoms with Crippen LogP contribution in [-0.2, 0) is 47.7 Å². The van der Waals surface area contributed by atoms with Gasteiger partial charge in [-0.2, -0.15) is 0 Å². The number of Topliss-reactive ketones (excluding diaryl/α,β-unsaturated/α-hetero) is 1. The summed E-state index contributed by atoms with van der Waals surface area (Å²) < 4.78 is 28.7. The smallest absolute Gasteiger partial charge is 0.308 e. The maximum absolute atomic E-state index is 13.3. The number of hydrogen-bond donors (Lipinski definition) is 0. The fourth-order valence-electron chi connectivity index (χ4n) is 14.5. The molecule has 0 N–H and O–H groups in total. The lowest BCUT2D eigenvalue weighted by Crippen LogP contribution is -2.54. The molecule has 0 spiro atoms. The van der Waals surface area contributed by atoms with E-state index in [2.05, 4.69) is 52.0 Å². The first-order chi connectivity index (χ1) is 37.3. The number of ether oxygens (including phenoxy) is 5. The molecule has 0 aromatic heterocycles. The van der Waals surface area contributed by atoms with Gasteiger partial charge < -0.3 is 23.7 Å². The molecule has 4 aliphatic carbocycles. The van der Waals surface area contributed by atoms with Crippen LogP contribution in [0.25, 0.3) is 0 Å².